The van der Waals surface area contributed by atoms with Gasteiger partial charge in [0.2, 0.25) is 5.13 Å². The van der Waals surface area contributed by atoms with Crippen LogP contribution in [0.4, 0.5) is 5.13 Å². The van der Waals surface area contributed by atoms with E-state index in [2.05, 4.69) is 27.4 Å². The van der Waals surface area contributed by atoms with Gasteiger partial charge in [-0.05, 0) is 11.4 Å². The maximum atomic E-state index is 11.9. The monoisotopic (exact) mass is 279 g/mol. The van der Waals surface area contributed by atoms with Crippen LogP contribution in [0.3, 0.4) is 0 Å². The number of nitrogens with one attached hydrogen (secondary N) is 1. The highest BCUT2D eigenvalue weighted by molar-refractivity contribution is 7.14. The Morgan fingerprint density at radius 1 is 1.50 bits per heavy atom. The standard InChI is InChI=1S/C11H9N3O2S2/c15-5-2-1-3-8-4-6-17-9(8)10(16)13-11-14-12-7-18-11/h4,6-7,15H,2,5H2,(H,13,14,16). The van der Waals surface area contributed by atoms with Gasteiger partial charge in [0.15, 0.2) is 0 Å². The van der Waals surface area contributed by atoms with Crippen LogP contribution in [0.15, 0.2) is 17.0 Å². The second-order valence-electron chi connectivity index (χ2n) is 3.14. The predicted octanol–water partition coefficient (Wildman–Crippen LogP) is 1.59. The average molecular weight is 279 g/mol. The highest BCUT2D eigenvalue weighted by Gasteiger charge is 2.13. The van der Waals surface area contributed by atoms with Gasteiger partial charge in [-0.25, -0.2) is 0 Å². The summed E-state index contributed by atoms with van der Waals surface area (Å²) in [5, 5.41) is 21.0. The molecule has 0 aliphatic carbocycles. The first-order valence-corrected chi connectivity index (χ1v) is 6.82. The quantitative estimate of drug-likeness (QED) is 0.837. The molecule has 92 valence electrons. The van der Waals surface area contributed by atoms with E-state index in [-0.39, 0.29) is 12.5 Å². The van der Waals surface area contributed by atoms with Gasteiger partial charge < -0.3 is 5.11 Å². The normalized spacial score (nSPS) is 9.61. The van der Waals surface area contributed by atoms with Crippen molar-refractivity contribution in [1.29, 1.82) is 0 Å². The number of carbonyl (C=O) groups is 1. The van der Waals surface area contributed by atoms with Crippen LogP contribution in [-0.2, 0) is 0 Å². The minimum Gasteiger partial charge on any atom is -0.395 e. The topological polar surface area (TPSA) is 75.1 Å². The minimum atomic E-state index is -0.241. The molecule has 0 unspecified atom stereocenters. The van der Waals surface area contributed by atoms with E-state index in [0.717, 1.165) is 0 Å². The van der Waals surface area contributed by atoms with Crippen molar-refractivity contribution in [3.05, 3.63) is 27.4 Å². The number of hydrogen-bond donors (Lipinski definition) is 2. The number of aromatic nitrogens is 2. The fraction of sp³-hybridized carbons (Fsp3) is 0.182. The Hall–Kier alpha value is -1.75. The molecule has 18 heavy (non-hydrogen) atoms. The van der Waals surface area contributed by atoms with Crippen LogP contribution in [0.1, 0.15) is 21.7 Å². The van der Waals surface area contributed by atoms with E-state index in [1.54, 1.807) is 17.0 Å². The molecule has 0 saturated carbocycles. The Kier molecular flexibility index (Phi) is 4.41. The molecule has 0 aliphatic rings. The molecule has 0 spiro atoms. The Morgan fingerprint density at radius 2 is 2.39 bits per heavy atom. The summed E-state index contributed by atoms with van der Waals surface area (Å²) in [6.45, 7) is 0.0173. The number of nitrogens with zero attached hydrogens (tertiary/aromatic N) is 2. The number of rotatable bonds is 3. The number of thiophene rings is 1. The zero-order valence-corrected chi connectivity index (χ0v) is 10.8. The fourth-order valence-corrected chi connectivity index (χ4v) is 2.36. The number of aliphatic hydroxyl groups is 1. The molecule has 0 atom stereocenters. The van der Waals surface area contributed by atoms with Crippen molar-refractivity contribution >= 4 is 33.7 Å². The predicted molar refractivity (Wildman–Crippen MR) is 70.8 cm³/mol. The van der Waals surface area contributed by atoms with Gasteiger partial charge in [0.05, 0.1) is 6.61 Å². The third kappa shape index (κ3) is 3.13. The maximum Gasteiger partial charge on any atom is 0.268 e. The number of aliphatic hydroxyl groups excluding tert-OH is 1. The highest BCUT2D eigenvalue weighted by atomic mass is 32.1. The molecular formula is C11H9N3O2S2. The van der Waals surface area contributed by atoms with Gasteiger partial charge in [0.25, 0.3) is 5.91 Å². The van der Waals surface area contributed by atoms with Gasteiger partial charge in [-0.3, -0.25) is 10.1 Å². The molecule has 2 rings (SSSR count). The van der Waals surface area contributed by atoms with Crippen LogP contribution >= 0.6 is 22.7 Å². The molecule has 0 fully saturated rings. The Balaban J connectivity index is 2.12. The zero-order valence-electron chi connectivity index (χ0n) is 9.21. The van der Waals surface area contributed by atoms with Gasteiger partial charge >= 0.3 is 0 Å². The summed E-state index contributed by atoms with van der Waals surface area (Å²) in [6, 6.07) is 1.78. The van der Waals surface area contributed by atoms with Crippen LogP contribution < -0.4 is 5.32 Å². The summed E-state index contributed by atoms with van der Waals surface area (Å²) in [4.78, 5) is 12.5. The molecule has 2 aromatic heterocycles. The Labute approximate surface area is 112 Å². The summed E-state index contributed by atoms with van der Waals surface area (Å²) in [7, 11) is 0. The molecule has 0 saturated heterocycles. The first kappa shape index (κ1) is 12.7. The van der Waals surface area contributed by atoms with Crippen LogP contribution in [0.5, 0.6) is 0 Å². The number of anilines is 1. The molecule has 0 aliphatic heterocycles. The van der Waals surface area contributed by atoms with Crippen molar-refractivity contribution in [2.75, 3.05) is 11.9 Å². The van der Waals surface area contributed by atoms with E-state index in [1.807, 2.05) is 0 Å². The molecular weight excluding hydrogens is 270 g/mol. The van der Waals surface area contributed by atoms with Crippen LogP contribution in [0.25, 0.3) is 0 Å². The molecule has 7 heteroatoms. The summed E-state index contributed by atoms with van der Waals surface area (Å²) < 4.78 is 0. The number of amides is 1. The smallest absolute Gasteiger partial charge is 0.268 e. The Morgan fingerprint density at radius 3 is 3.11 bits per heavy atom. The lowest BCUT2D eigenvalue weighted by molar-refractivity contribution is 0.103. The summed E-state index contributed by atoms with van der Waals surface area (Å²) >= 11 is 2.57. The molecule has 2 aromatic rings. The van der Waals surface area contributed by atoms with E-state index < -0.39 is 0 Å². The summed E-state index contributed by atoms with van der Waals surface area (Å²) in [5.74, 6) is 5.41. The Bertz CT molecular complexity index is 581. The number of carbonyl (C=O) groups excluding carboxylic acids is 1. The zero-order chi connectivity index (χ0) is 12.8. The number of hydrogen-bond acceptors (Lipinski definition) is 6. The van der Waals surface area contributed by atoms with Gasteiger partial charge in [-0.15, -0.1) is 21.5 Å². The third-order valence-corrected chi connectivity index (χ3v) is 3.43. The van der Waals surface area contributed by atoms with E-state index in [1.165, 1.54) is 22.7 Å². The lowest BCUT2D eigenvalue weighted by Gasteiger charge is -1.98. The molecule has 2 heterocycles. The minimum absolute atomic E-state index is 0.0173. The second kappa shape index (κ2) is 6.26. The van der Waals surface area contributed by atoms with Gasteiger partial charge in [-0.2, -0.15) is 0 Å². The van der Waals surface area contributed by atoms with Crippen molar-refractivity contribution in [3.8, 4) is 11.8 Å². The first-order chi connectivity index (χ1) is 8.81. The van der Waals surface area contributed by atoms with E-state index >= 15 is 0 Å². The van der Waals surface area contributed by atoms with E-state index in [9.17, 15) is 4.79 Å². The molecule has 2 N–H and O–H groups in total. The molecule has 5 nitrogen and oxygen atoms in total. The SMILES string of the molecule is O=C(Nc1nncs1)c1sccc1C#CCCO. The lowest BCUT2D eigenvalue weighted by atomic mass is 10.2. The highest BCUT2D eigenvalue weighted by Crippen LogP contribution is 2.18. The third-order valence-electron chi connectivity index (χ3n) is 1.91. The van der Waals surface area contributed by atoms with Crippen LogP contribution in [0.2, 0.25) is 0 Å². The van der Waals surface area contributed by atoms with E-state index in [4.69, 9.17) is 5.11 Å². The summed E-state index contributed by atoms with van der Waals surface area (Å²) in [6.07, 6.45) is 0.396. The van der Waals surface area contributed by atoms with Gasteiger partial charge in [0.1, 0.15) is 10.4 Å². The van der Waals surface area contributed by atoms with E-state index in [0.29, 0.717) is 22.0 Å². The second-order valence-corrected chi connectivity index (χ2v) is 4.89. The van der Waals surface area contributed by atoms with Crippen molar-refractivity contribution < 1.29 is 9.90 Å². The lowest BCUT2D eigenvalue weighted by Crippen LogP contribution is -2.11. The van der Waals surface area contributed by atoms with Crippen molar-refractivity contribution in [1.82, 2.24) is 10.2 Å². The average Bonchev–Trinajstić information content (AvgIpc) is 3.00. The van der Waals surface area contributed by atoms with Gasteiger partial charge in [0, 0.05) is 12.0 Å². The maximum absolute atomic E-state index is 11.9. The van der Waals surface area contributed by atoms with Crippen molar-refractivity contribution in [2.45, 2.75) is 6.42 Å². The largest absolute Gasteiger partial charge is 0.395 e. The molecule has 1 amide bonds. The molecule has 0 bridgehead atoms. The fourth-order valence-electron chi connectivity index (χ4n) is 1.18. The summed E-state index contributed by atoms with van der Waals surface area (Å²) in [5.41, 5.74) is 2.21. The van der Waals surface area contributed by atoms with Crippen molar-refractivity contribution in [3.63, 3.8) is 0 Å². The molecule has 0 radical (unpaired) electrons. The van der Waals surface area contributed by atoms with Crippen LogP contribution in [0, 0.1) is 11.8 Å². The first-order valence-electron chi connectivity index (χ1n) is 5.06. The molecule has 0 aromatic carbocycles. The van der Waals surface area contributed by atoms with Crippen molar-refractivity contribution in [2.24, 2.45) is 0 Å². The van der Waals surface area contributed by atoms with Crippen LogP contribution in [-0.4, -0.2) is 27.8 Å². The van der Waals surface area contributed by atoms with Gasteiger partial charge in [-0.1, -0.05) is 23.2 Å².